The van der Waals surface area contributed by atoms with Gasteiger partial charge in [0.15, 0.2) is 0 Å². The largest absolute Gasteiger partial charge is 0.393 e. The highest BCUT2D eigenvalue weighted by atomic mass is 16.7. The molecule has 0 bridgehead atoms. The van der Waals surface area contributed by atoms with Crippen LogP contribution in [0.4, 0.5) is 0 Å². The number of benzene rings is 2. The zero-order valence-electron chi connectivity index (χ0n) is 21.1. The van der Waals surface area contributed by atoms with E-state index in [0.29, 0.717) is 26.4 Å². The standard InChI is InChI=1S/C30H30N4O3/c1-23(25-9-13-27(14-10-25)29-7-3-5-17-31-29)33-36-21-19-35-20-22-37-34-24(2)26-11-15-28(16-12-26)30-8-4-6-18-32-30/h3-18H,19-22H2,1-2H3. The Morgan fingerprint density at radius 1 is 0.568 bits per heavy atom. The third kappa shape index (κ3) is 7.81. The lowest BCUT2D eigenvalue weighted by molar-refractivity contribution is 0.0171. The number of nitrogens with zero attached hydrogens (tertiary/aromatic N) is 4. The minimum Gasteiger partial charge on any atom is -0.393 e. The van der Waals surface area contributed by atoms with Crippen LogP contribution in [0.25, 0.3) is 22.5 Å². The molecule has 0 aliphatic rings. The van der Waals surface area contributed by atoms with Crippen LogP contribution in [0.15, 0.2) is 108 Å². The Hall–Kier alpha value is -4.36. The van der Waals surface area contributed by atoms with E-state index in [0.717, 1.165) is 45.1 Å². The summed E-state index contributed by atoms with van der Waals surface area (Å²) in [6, 6.07) is 27.9. The molecular formula is C30H30N4O3. The lowest BCUT2D eigenvalue weighted by atomic mass is 10.1. The molecule has 0 saturated heterocycles. The van der Waals surface area contributed by atoms with Crippen molar-refractivity contribution in [2.24, 2.45) is 10.3 Å². The van der Waals surface area contributed by atoms with Crippen LogP contribution < -0.4 is 0 Å². The SMILES string of the molecule is CC(=NOCCOCCON=C(C)c1ccc(-c2ccccn2)cc1)c1ccc(-c2ccccn2)cc1. The number of pyridine rings is 2. The van der Waals surface area contributed by atoms with Crippen molar-refractivity contribution in [3.63, 3.8) is 0 Å². The number of hydrogen-bond donors (Lipinski definition) is 0. The van der Waals surface area contributed by atoms with Gasteiger partial charge in [-0.2, -0.15) is 0 Å². The number of aromatic nitrogens is 2. The molecule has 0 aliphatic heterocycles. The summed E-state index contributed by atoms with van der Waals surface area (Å²) in [5, 5.41) is 8.35. The van der Waals surface area contributed by atoms with E-state index in [1.807, 2.05) is 98.8 Å². The van der Waals surface area contributed by atoms with Crippen LogP contribution in [0.2, 0.25) is 0 Å². The van der Waals surface area contributed by atoms with Gasteiger partial charge in [-0.1, -0.05) is 71.0 Å². The molecule has 0 amide bonds. The molecule has 0 saturated carbocycles. The summed E-state index contributed by atoms with van der Waals surface area (Å²) in [5.41, 5.74) is 7.59. The van der Waals surface area contributed by atoms with Crippen molar-refractivity contribution in [1.29, 1.82) is 0 Å². The van der Waals surface area contributed by atoms with Gasteiger partial charge in [-0.15, -0.1) is 0 Å². The molecule has 0 atom stereocenters. The second kappa shape index (κ2) is 13.7. The second-order valence-electron chi connectivity index (χ2n) is 8.22. The maximum absolute atomic E-state index is 5.54. The fourth-order valence-electron chi connectivity index (χ4n) is 3.52. The molecule has 7 nitrogen and oxygen atoms in total. The maximum Gasteiger partial charge on any atom is 0.140 e. The Morgan fingerprint density at radius 3 is 1.38 bits per heavy atom. The quantitative estimate of drug-likeness (QED) is 0.137. The van der Waals surface area contributed by atoms with E-state index >= 15 is 0 Å². The van der Waals surface area contributed by atoms with Gasteiger partial charge in [0.1, 0.15) is 13.2 Å². The predicted molar refractivity (Wildman–Crippen MR) is 146 cm³/mol. The van der Waals surface area contributed by atoms with E-state index in [2.05, 4.69) is 20.3 Å². The molecule has 0 N–H and O–H groups in total. The zero-order valence-corrected chi connectivity index (χ0v) is 21.1. The summed E-state index contributed by atoms with van der Waals surface area (Å²) in [4.78, 5) is 19.5. The third-order valence-electron chi connectivity index (χ3n) is 5.57. The summed E-state index contributed by atoms with van der Waals surface area (Å²) < 4.78 is 5.54. The van der Waals surface area contributed by atoms with Crippen LogP contribution in [0.1, 0.15) is 25.0 Å². The normalized spacial score (nSPS) is 11.8. The first-order valence-corrected chi connectivity index (χ1v) is 12.2. The van der Waals surface area contributed by atoms with Gasteiger partial charge in [-0.05, 0) is 49.2 Å². The van der Waals surface area contributed by atoms with Gasteiger partial charge in [0.2, 0.25) is 0 Å². The molecule has 0 aliphatic carbocycles. The maximum atomic E-state index is 5.54. The Labute approximate surface area is 217 Å². The van der Waals surface area contributed by atoms with Crippen molar-refractivity contribution in [2.45, 2.75) is 13.8 Å². The molecule has 0 spiro atoms. The van der Waals surface area contributed by atoms with Crippen molar-refractivity contribution in [2.75, 3.05) is 26.4 Å². The van der Waals surface area contributed by atoms with Gasteiger partial charge in [0.05, 0.1) is 36.0 Å². The Bertz CT molecular complexity index is 1190. The van der Waals surface area contributed by atoms with Crippen molar-refractivity contribution < 1.29 is 14.4 Å². The van der Waals surface area contributed by atoms with Gasteiger partial charge < -0.3 is 14.4 Å². The predicted octanol–water partition coefficient (Wildman–Crippen LogP) is 6.01. The van der Waals surface area contributed by atoms with Crippen LogP contribution >= 0.6 is 0 Å². The molecule has 4 rings (SSSR count). The number of oxime groups is 2. The molecule has 2 aromatic carbocycles. The molecule has 0 fully saturated rings. The first kappa shape index (κ1) is 25.7. The minimum absolute atomic E-state index is 0.355. The highest BCUT2D eigenvalue weighted by Gasteiger charge is 2.03. The monoisotopic (exact) mass is 494 g/mol. The Kier molecular flexibility index (Phi) is 9.49. The van der Waals surface area contributed by atoms with E-state index in [-0.39, 0.29) is 0 Å². The fraction of sp³-hybridized carbons (Fsp3) is 0.200. The molecule has 0 unspecified atom stereocenters. The molecular weight excluding hydrogens is 464 g/mol. The van der Waals surface area contributed by atoms with Crippen LogP contribution in [-0.4, -0.2) is 47.8 Å². The number of hydrogen-bond acceptors (Lipinski definition) is 7. The average Bonchev–Trinajstić information content (AvgIpc) is 2.97. The zero-order chi connectivity index (χ0) is 25.7. The van der Waals surface area contributed by atoms with Crippen LogP contribution in [0, 0.1) is 0 Å². The minimum atomic E-state index is 0.355. The van der Waals surface area contributed by atoms with E-state index in [9.17, 15) is 0 Å². The highest BCUT2D eigenvalue weighted by Crippen LogP contribution is 2.18. The lowest BCUT2D eigenvalue weighted by Gasteiger charge is -2.06. The Morgan fingerprint density at radius 2 is 1.00 bits per heavy atom. The number of rotatable bonds is 12. The van der Waals surface area contributed by atoms with Gasteiger partial charge in [-0.3, -0.25) is 9.97 Å². The smallest absolute Gasteiger partial charge is 0.140 e. The van der Waals surface area contributed by atoms with E-state index in [4.69, 9.17) is 14.4 Å². The topological polar surface area (TPSA) is 78.2 Å². The van der Waals surface area contributed by atoms with Crippen molar-refractivity contribution in [3.8, 4) is 22.5 Å². The molecule has 37 heavy (non-hydrogen) atoms. The van der Waals surface area contributed by atoms with E-state index in [1.54, 1.807) is 12.4 Å². The second-order valence-corrected chi connectivity index (χ2v) is 8.22. The fourth-order valence-corrected chi connectivity index (χ4v) is 3.52. The van der Waals surface area contributed by atoms with Crippen molar-refractivity contribution >= 4 is 11.4 Å². The molecule has 2 heterocycles. The average molecular weight is 495 g/mol. The Balaban J connectivity index is 1.11. The van der Waals surface area contributed by atoms with Crippen LogP contribution in [0.3, 0.4) is 0 Å². The van der Waals surface area contributed by atoms with Gasteiger partial charge in [-0.25, -0.2) is 0 Å². The third-order valence-corrected chi connectivity index (χ3v) is 5.57. The van der Waals surface area contributed by atoms with Crippen LogP contribution in [0.5, 0.6) is 0 Å². The van der Waals surface area contributed by atoms with Gasteiger partial charge >= 0.3 is 0 Å². The summed E-state index contributed by atoms with van der Waals surface area (Å²) in [7, 11) is 0. The summed E-state index contributed by atoms with van der Waals surface area (Å²) in [6.45, 7) is 5.36. The van der Waals surface area contributed by atoms with Crippen molar-refractivity contribution in [1.82, 2.24) is 9.97 Å². The molecule has 2 aromatic heterocycles. The lowest BCUT2D eigenvalue weighted by Crippen LogP contribution is -2.08. The molecule has 7 heteroatoms. The van der Waals surface area contributed by atoms with Gasteiger partial charge in [0.25, 0.3) is 0 Å². The molecule has 4 aromatic rings. The summed E-state index contributed by atoms with van der Waals surface area (Å²) >= 11 is 0. The van der Waals surface area contributed by atoms with E-state index < -0.39 is 0 Å². The number of ether oxygens (including phenoxy) is 1. The first-order valence-electron chi connectivity index (χ1n) is 12.2. The summed E-state index contributed by atoms with van der Waals surface area (Å²) in [5.74, 6) is 0. The molecule has 0 radical (unpaired) electrons. The molecule has 188 valence electrons. The highest BCUT2D eigenvalue weighted by molar-refractivity contribution is 5.99. The van der Waals surface area contributed by atoms with Gasteiger partial charge in [0, 0.05) is 23.5 Å². The summed E-state index contributed by atoms with van der Waals surface area (Å²) in [6.07, 6.45) is 3.58. The van der Waals surface area contributed by atoms with E-state index in [1.165, 1.54) is 0 Å². The van der Waals surface area contributed by atoms with Crippen molar-refractivity contribution in [3.05, 3.63) is 108 Å². The van der Waals surface area contributed by atoms with Crippen LogP contribution in [-0.2, 0) is 14.4 Å². The first-order chi connectivity index (χ1) is 18.2.